The number of ether oxygens (including phenoxy) is 1. The minimum absolute atomic E-state index is 0.587. The van der Waals surface area contributed by atoms with Crippen molar-refractivity contribution in [1.82, 2.24) is 0 Å². The van der Waals surface area contributed by atoms with Gasteiger partial charge in [-0.25, -0.2) is 0 Å². The van der Waals surface area contributed by atoms with Gasteiger partial charge in [0.15, 0.2) is 6.29 Å². The molecule has 0 saturated heterocycles. The van der Waals surface area contributed by atoms with Crippen LogP contribution in [0.25, 0.3) is 0 Å². The Balaban J connectivity index is 3.20. The Labute approximate surface area is 78.5 Å². The lowest BCUT2D eigenvalue weighted by molar-refractivity contribution is 0.111. The van der Waals surface area contributed by atoms with Crippen molar-refractivity contribution >= 4 is 6.29 Å². The van der Waals surface area contributed by atoms with Crippen molar-refractivity contribution in [2.75, 3.05) is 6.61 Å². The standard InChI is InChI=1S/C11H14O2/c1-4-13-11-6-8(2)5-9(3)10(11)7-12/h5-7H,4H2,1-3H3. The fourth-order valence-corrected chi connectivity index (χ4v) is 1.37. The number of carbonyl (C=O) groups is 1. The van der Waals surface area contributed by atoms with Crippen LogP contribution in [0.2, 0.25) is 0 Å². The van der Waals surface area contributed by atoms with Gasteiger partial charge in [0.05, 0.1) is 12.2 Å². The van der Waals surface area contributed by atoms with Gasteiger partial charge >= 0.3 is 0 Å². The molecule has 1 aromatic rings. The van der Waals surface area contributed by atoms with Gasteiger partial charge in [-0.15, -0.1) is 0 Å². The largest absolute Gasteiger partial charge is 0.493 e. The first-order chi connectivity index (χ1) is 6.19. The van der Waals surface area contributed by atoms with Crippen LogP contribution in [0.15, 0.2) is 12.1 Å². The molecule has 1 rings (SSSR count). The van der Waals surface area contributed by atoms with Gasteiger partial charge in [-0.2, -0.15) is 0 Å². The Morgan fingerprint density at radius 2 is 2.08 bits per heavy atom. The van der Waals surface area contributed by atoms with E-state index in [9.17, 15) is 4.79 Å². The summed E-state index contributed by atoms with van der Waals surface area (Å²) in [5, 5.41) is 0. The zero-order valence-corrected chi connectivity index (χ0v) is 8.26. The molecule has 0 aliphatic rings. The molecule has 0 amide bonds. The predicted octanol–water partition coefficient (Wildman–Crippen LogP) is 2.51. The molecule has 2 heteroatoms. The third-order valence-corrected chi connectivity index (χ3v) is 1.91. The summed E-state index contributed by atoms with van der Waals surface area (Å²) in [5.74, 6) is 0.690. The van der Waals surface area contributed by atoms with Crippen molar-refractivity contribution in [3.05, 3.63) is 28.8 Å². The number of rotatable bonds is 3. The Morgan fingerprint density at radius 3 is 2.62 bits per heavy atom. The summed E-state index contributed by atoms with van der Waals surface area (Å²) in [7, 11) is 0. The third-order valence-electron chi connectivity index (χ3n) is 1.91. The van der Waals surface area contributed by atoms with E-state index in [4.69, 9.17) is 4.74 Å². The molecule has 0 fully saturated rings. The van der Waals surface area contributed by atoms with Crippen LogP contribution in [0.4, 0.5) is 0 Å². The highest BCUT2D eigenvalue weighted by atomic mass is 16.5. The van der Waals surface area contributed by atoms with E-state index in [0.717, 1.165) is 17.4 Å². The van der Waals surface area contributed by atoms with Crippen molar-refractivity contribution in [3.8, 4) is 5.75 Å². The number of aryl methyl sites for hydroxylation is 2. The van der Waals surface area contributed by atoms with E-state index in [1.54, 1.807) is 0 Å². The summed E-state index contributed by atoms with van der Waals surface area (Å²) >= 11 is 0. The minimum Gasteiger partial charge on any atom is -0.493 e. The minimum atomic E-state index is 0.587. The predicted molar refractivity (Wildman–Crippen MR) is 52.5 cm³/mol. The summed E-state index contributed by atoms with van der Waals surface area (Å²) < 4.78 is 5.36. The normalized spacial score (nSPS) is 9.77. The highest BCUT2D eigenvalue weighted by Crippen LogP contribution is 2.22. The summed E-state index contributed by atoms with van der Waals surface area (Å²) in [6.45, 7) is 6.40. The maximum Gasteiger partial charge on any atom is 0.154 e. The van der Waals surface area contributed by atoms with Gasteiger partial charge in [0.1, 0.15) is 5.75 Å². The number of carbonyl (C=O) groups excluding carboxylic acids is 1. The van der Waals surface area contributed by atoms with E-state index >= 15 is 0 Å². The van der Waals surface area contributed by atoms with Gasteiger partial charge < -0.3 is 4.74 Å². The monoisotopic (exact) mass is 178 g/mol. The molecule has 70 valence electrons. The Kier molecular flexibility index (Phi) is 3.07. The van der Waals surface area contributed by atoms with Crippen molar-refractivity contribution in [3.63, 3.8) is 0 Å². The van der Waals surface area contributed by atoms with Crippen molar-refractivity contribution in [2.45, 2.75) is 20.8 Å². The SMILES string of the molecule is CCOc1cc(C)cc(C)c1C=O. The topological polar surface area (TPSA) is 26.3 Å². The second-order valence-corrected chi connectivity index (χ2v) is 3.04. The highest BCUT2D eigenvalue weighted by molar-refractivity contribution is 5.81. The lowest BCUT2D eigenvalue weighted by Crippen LogP contribution is -1.98. The summed E-state index contributed by atoms with van der Waals surface area (Å²) in [6, 6.07) is 3.87. The summed E-state index contributed by atoms with van der Waals surface area (Å²) in [6.07, 6.45) is 0.847. The quantitative estimate of drug-likeness (QED) is 0.665. The van der Waals surface area contributed by atoms with Gasteiger partial charge in [0, 0.05) is 0 Å². The van der Waals surface area contributed by atoms with Crippen LogP contribution in [-0.4, -0.2) is 12.9 Å². The van der Waals surface area contributed by atoms with E-state index in [0.29, 0.717) is 17.9 Å². The Hall–Kier alpha value is -1.31. The molecule has 0 radical (unpaired) electrons. The average Bonchev–Trinajstić information content (AvgIpc) is 2.04. The molecule has 2 nitrogen and oxygen atoms in total. The van der Waals surface area contributed by atoms with Crippen LogP contribution in [0.5, 0.6) is 5.75 Å². The van der Waals surface area contributed by atoms with Gasteiger partial charge in [0.2, 0.25) is 0 Å². The molecule has 0 saturated carbocycles. The van der Waals surface area contributed by atoms with Crippen molar-refractivity contribution < 1.29 is 9.53 Å². The zero-order chi connectivity index (χ0) is 9.84. The zero-order valence-electron chi connectivity index (χ0n) is 8.26. The smallest absolute Gasteiger partial charge is 0.154 e. The summed E-state index contributed by atoms with van der Waals surface area (Å²) in [5.41, 5.74) is 2.75. The summed E-state index contributed by atoms with van der Waals surface area (Å²) in [4.78, 5) is 10.8. The fraction of sp³-hybridized carbons (Fsp3) is 0.364. The molecule has 0 N–H and O–H groups in total. The molecule has 0 aromatic heterocycles. The number of benzene rings is 1. The number of hydrogen-bond donors (Lipinski definition) is 0. The number of aldehydes is 1. The molecule has 0 unspecified atom stereocenters. The second kappa shape index (κ2) is 4.08. The van der Waals surface area contributed by atoms with Gasteiger partial charge in [-0.05, 0) is 38.0 Å². The highest BCUT2D eigenvalue weighted by Gasteiger charge is 2.06. The molecular weight excluding hydrogens is 164 g/mol. The second-order valence-electron chi connectivity index (χ2n) is 3.04. The number of hydrogen-bond acceptors (Lipinski definition) is 2. The first kappa shape index (κ1) is 9.78. The van der Waals surface area contributed by atoms with E-state index in [1.807, 2.05) is 32.9 Å². The van der Waals surface area contributed by atoms with Crippen LogP contribution in [0, 0.1) is 13.8 Å². The Bertz CT molecular complexity index is 316. The first-order valence-electron chi connectivity index (χ1n) is 4.38. The third kappa shape index (κ3) is 2.08. The lowest BCUT2D eigenvalue weighted by Gasteiger charge is -2.09. The van der Waals surface area contributed by atoms with Crippen LogP contribution in [-0.2, 0) is 0 Å². The maximum absolute atomic E-state index is 10.8. The molecular formula is C11H14O2. The lowest BCUT2D eigenvalue weighted by atomic mass is 10.1. The molecule has 0 spiro atoms. The maximum atomic E-state index is 10.8. The van der Waals surface area contributed by atoms with E-state index in [-0.39, 0.29) is 0 Å². The van der Waals surface area contributed by atoms with Crippen LogP contribution >= 0.6 is 0 Å². The van der Waals surface area contributed by atoms with E-state index in [2.05, 4.69) is 0 Å². The molecule has 1 aromatic carbocycles. The van der Waals surface area contributed by atoms with Crippen molar-refractivity contribution in [2.24, 2.45) is 0 Å². The van der Waals surface area contributed by atoms with Gasteiger partial charge in [0.25, 0.3) is 0 Å². The van der Waals surface area contributed by atoms with Gasteiger partial charge in [-0.1, -0.05) is 6.07 Å². The first-order valence-corrected chi connectivity index (χ1v) is 4.38. The van der Waals surface area contributed by atoms with Crippen LogP contribution in [0.3, 0.4) is 0 Å². The molecule has 0 aliphatic heterocycles. The average molecular weight is 178 g/mol. The van der Waals surface area contributed by atoms with E-state index in [1.165, 1.54) is 0 Å². The van der Waals surface area contributed by atoms with Gasteiger partial charge in [-0.3, -0.25) is 4.79 Å². The Morgan fingerprint density at radius 1 is 1.38 bits per heavy atom. The van der Waals surface area contributed by atoms with Crippen LogP contribution in [0.1, 0.15) is 28.4 Å². The fourth-order valence-electron chi connectivity index (χ4n) is 1.37. The molecule has 0 heterocycles. The molecule has 0 aliphatic carbocycles. The van der Waals surface area contributed by atoms with E-state index < -0.39 is 0 Å². The van der Waals surface area contributed by atoms with Crippen molar-refractivity contribution in [1.29, 1.82) is 0 Å². The molecule has 0 atom stereocenters. The van der Waals surface area contributed by atoms with Crippen LogP contribution < -0.4 is 4.74 Å². The molecule has 0 bridgehead atoms. The molecule has 13 heavy (non-hydrogen) atoms.